The lowest BCUT2D eigenvalue weighted by molar-refractivity contribution is -0.142. The van der Waals surface area contributed by atoms with Crippen LogP contribution in [0.2, 0.25) is 0 Å². The normalized spacial score (nSPS) is 12.7. The van der Waals surface area contributed by atoms with Gasteiger partial charge >= 0.3 is 12.4 Å². The van der Waals surface area contributed by atoms with Gasteiger partial charge in [0.15, 0.2) is 0 Å². The number of alkyl halides is 6. The predicted octanol–water partition coefficient (Wildman–Crippen LogP) is 20.9. The van der Waals surface area contributed by atoms with Crippen LogP contribution in [0.25, 0.3) is 94.3 Å². The number of para-hydroxylation sites is 2. The van der Waals surface area contributed by atoms with Crippen LogP contribution in [0.3, 0.4) is 0 Å². The molecule has 430 valence electrons. The lowest BCUT2D eigenvalue weighted by atomic mass is 9.33. The van der Waals surface area contributed by atoms with Crippen molar-refractivity contribution in [2.75, 3.05) is 9.80 Å². The van der Waals surface area contributed by atoms with E-state index in [-0.39, 0.29) is 23.9 Å². The summed E-state index contributed by atoms with van der Waals surface area (Å²) in [5, 5.41) is 1.68. The van der Waals surface area contributed by atoms with Crippen molar-refractivity contribution in [3.05, 3.63) is 314 Å². The fourth-order valence-corrected chi connectivity index (χ4v) is 13.7. The average Bonchev–Trinajstić information content (AvgIpc) is 0.766. The van der Waals surface area contributed by atoms with Crippen LogP contribution in [0.4, 0.5) is 60.5 Å². The van der Waals surface area contributed by atoms with Gasteiger partial charge in [-0.2, -0.15) is 26.3 Å². The van der Waals surface area contributed by atoms with Gasteiger partial charge in [0.1, 0.15) is 0 Å². The van der Waals surface area contributed by atoms with Crippen LogP contribution in [0.5, 0.6) is 0 Å². The zero-order valence-corrected chi connectivity index (χ0v) is 48.1. The molecule has 0 atom stereocenters. The van der Waals surface area contributed by atoms with Crippen LogP contribution in [0.15, 0.2) is 303 Å². The number of rotatable bonds is 9. The molecule has 2 aliphatic heterocycles. The molecular weight excluding hydrogens is 1130 g/mol. The third kappa shape index (κ3) is 9.25. The minimum atomic E-state index is -5.09. The summed E-state index contributed by atoms with van der Waals surface area (Å²) >= 11 is 0. The Hall–Kier alpha value is -11.1. The van der Waals surface area contributed by atoms with Crippen molar-refractivity contribution in [2.24, 2.45) is 0 Å². The number of hydrogen-bond donors (Lipinski definition) is 0. The molecule has 0 N–H and O–H groups in total. The average molecular weight is 1180 g/mol. The fraction of sp³-hybridized carbons (Fsp3) is 0.0250. The van der Waals surface area contributed by atoms with Crippen molar-refractivity contribution in [3.63, 3.8) is 0 Å². The quantitative estimate of drug-likeness (QED) is 0.105. The molecule has 0 unspecified atom stereocenters. The molecule has 13 aromatic carbocycles. The first-order valence-electron chi connectivity index (χ1n) is 29.8. The lowest BCUT2D eigenvalue weighted by Gasteiger charge is -2.44. The highest BCUT2D eigenvalue weighted by Gasteiger charge is 2.45. The van der Waals surface area contributed by atoms with E-state index in [9.17, 15) is 13.2 Å². The molecule has 90 heavy (non-hydrogen) atoms. The van der Waals surface area contributed by atoms with Crippen LogP contribution < -0.4 is 26.2 Å². The van der Waals surface area contributed by atoms with E-state index < -0.39 is 23.5 Å². The molecule has 1 aromatic heterocycles. The first-order valence-corrected chi connectivity index (χ1v) is 29.8. The topological polar surface area (TPSA) is 11.4 Å². The molecule has 0 fully saturated rings. The van der Waals surface area contributed by atoms with E-state index in [0.29, 0.717) is 16.7 Å². The summed E-state index contributed by atoms with van der Waals surface area (Å²) in [6.45, 7) is -0.246. The summed E-state index contributed by atoms with van der Waals surface area (Å²) in [4.78, 5) is 4.83. The first-order chi connectivity index (χ1) is 43.9. The van der Waals surface area contributed by atoms with Crippen molar-refractivity contribution in [2.45, 2.75) is 12.4 Å². The van der Waals surface area contributed by atoms with Gasteiger partial charge in [-0.1, -0.05) is 218 Å². The van der Waals surface area contributed by atoms with Gasteiger partial charge in [0.2, 0.25) is 0 Å². The van der Waals surface area contributed by atoms with Gasteiger partial charge in [-0.15, -0.1) is 0 Å². The summed E-state index contributed by atoms with van der Waals surface area (Å²) < 4.78 is 89.1. The van der Waals surface area contributed by atoms with E-state index in [1.165, 1.54) is 6.07 Å². The first kappa shape index (κ1) is 54.3. The Labute approximate surface area is 516 Å². The summed E-state index contributed by atoms with van der Waals surface area (Å²) in [6.07, 6.45) is -10.1. The van der Waals surface area contributed by atoms with Gasteiger partial charge in [0, 0.05) is 50.5 Å². The Balaban J connectivity index is 0.954. The van der Waals surface area contributed by atoms with Gasteiger partial charge in [-0.05, 0) is 163 Å². The van der Waals surface area contributed by atoms with Gasteiger partial charge in [0.25, 0.3) is 6.71 Å². The molecule has 0 spiro atoms. The Kier molecular flexibility index (Phi) is 12.9. The van der Waals surface area contributed by atoms with Crippen molar-refractivity contribution in [1.29, 1.82) is 0 Å². The van der Waals surface area contributed by atoms with Crippen LogP contribution in [-0.4, -0.2) is 11.3 Å². The minimum Gasteiger partial charge on any atom is -0.311 e. The molecule has 0 saturated heterocycles. The highest BCUT2D eigenvalue weighted by Crippen LogP contribution is 2.49. The Morgan fingerprint density at radius 2 is 0.689 bits per heavy atom. The molecule has 2 aliphatic rings. The van der Waals surface area contributed by atoms with Crippen LogP contribution in [0.1, 0.15) is 11.1 Å². The van der Waals surface area contributed by atoms with E-state index in [1.54, 1.807) is 18.2 Å². The standard InChI is InChI=1S/C80H50BF6N3/c82-79(83,84)61-36-41-64(68(50-61)80(85,86)87)65-25-13-15-27-71(65)90-72-28-16-14-26-66(72)67-45-57(33-42-73(67)90)60-48-76-78-77(49-60)89(63-39-31-56(32-40-63)52-19-7-2-8-20-52)75-44-35-59(54-23-11-4-12-24-54)47-70(75)81(78)69-46-58(53-21-9-3-10-22-53)34-43-74(69)88(76)62-37-29-55(30-38-62)51-17-5-1-6-18-51/h1-50H. The number of benzene rings is 13. The maximum absolute atomic E-state index is 15.0. The molecule has 10 heteroatoms. The Morgan fingerprint density at radius 3 is 1.20 bits per heavy atom. The zero-order chi connectivity index (χ0) is 60.8. The summed E-state index contributed by atoms with van der Waals surface area (Å²) in [7, 11) is 0. The molecule has 14 aromatic rings. The molecule has 0 aliphatic carbocycles. The van der Waals surface area contributed by atoms with E-state index in [0.717, 1.165) is 129 Å². The van der Waals surface area contributed by atoms with E-state index in [2.05, 4.69) is 216 Å². The number of aromatic nitrogens is 1. The third-order valence-corrected chi connectivity index (χ3v) is 17.8. The van der Waals surface area contributed by atoms with Crippen LogP contribution in [0, 0.1) is 0 Å². The maximum atomic E-state index is 15.0. The van der Waals surface area contributed by atoms with Gasteiger partial charge in [-0.3, -0.25) is 0 Å². The molecule has 3 nitrogen and oxygen atoms in total. The van der Waals surface area contributed by atoms with E-state index >= 15 is 13.2 Å². The molecule has 16 rings (SSSR count). The van der Waals surface area contributed by atoms with Crippen molar-refractivity contribution < 1.29 is 26.3 Å². The van der Waals surface area contributed by atoms with Crippen molar-refractivity contribution >= 4 is 79.0 Å². The second-order valence-corrected chi connectivity index (χ2v) is 23.0. The smallest absolute Gasteiger partial charge is 0.311 e. The predicted molar refractivity (Wildman–Crippen MR) is 357 cm³/mol. The fourth-order valence-electron chi connectivity index (χ4n) is 13.7. The molecule has 0 bridgehead atoms. The van der Waals surface area contributed by atoms with Crippen molar-refractivity contribution in [3.8, 4) is 72.4 Å². The number of hydrogen-bond acceptors (Lipinski definition) is 2. The second-order valence-electron chi connectivity index (χ2n) is 23.0. The highest BCUT2D eigenvalue weighted by molar-refractivity contribution is 7.00. The van der Waals surface area contributed by atoms with Gasteiger partial charge in [-0.25, -0.2) is 0 Å². The molecule has 3 heterocycles. The number of halogens is 6. The Bertz CT molecular complexity index is 4890. The van der Waals surface area contributed by atoms with Crippen LogP contribution >= 0.6 is 0 Å². The minimum absolute atomic E-state index is 0.134. The molecule has 0 amide bonds. The van der Waals surface area contributed by atoms with Gasteiger partial charge < -0.3 is 14.4 Å². The maximum Gasteiger partial charge on any atom is 0.417 e. The molecular formula is C80H50BF6N3. The summed E-state index contributed by atoms with van der Waals surface area (Å²) in [5.74, 6) is 0. The number of fused-ring (bicyclic) bond motifs is 7. The SMILES string of the molecule is FC(F)(F)c1ccc(-c2ccccc2-n2c3ccccc3c3cc(-c4cc5c6c(c4)N(c4ccc(-c7ccccc7)cc4)c4ccc(-c7ccccc7)cc4B6c4cc(-c6ccccc6)ccc4N5c4ccc(-c5ccccc5)cc4)ccc32)c(C(F)(F)F)c1. The summed E-state index contributed by atoms with van der Waals surface area (Å²) in [6, 6.07) is 100. The second kappa shape index (κ2) is 21.4. The number of anilines is 6. The zero-order valence-electron chi connectivity index (χ0n) is 48.1. The summed E-state index contributed by atoms with van der Waals surface area (Å²) in [5.41, 5.74) is 19.0. The lowest BCUT2D eigenvalue weighted by Crippen LogP contribution is -2.61. The van der Waals surface area contributed by atoms with Crippen molar-refractivity contribution in [1.82, 2.24) is 4.57 Å². The Morgan fingerprint density at radius 1 is 0.267 bits per heavy atom. The van der Waals surface area contributed by atoms with Gasteiger partial charge in [0.05, 0.1) is 27.8 Å². The largest absolute Gasteiger partial charge is 0.417 e. The molecule has 0 saturated carbocycles. The number of nitrogens with zero attached hydrogens (tertiary/aromatic N) is 3. The van der Waals surface area contributed by atoms with E-state index in [4.69, 9.17) is 0 Å². The molecule has 0 radical (unpaired) electrons. The highest BCUT2D eigenvalue weighted by atomic mass is 19.4. The third-order valence-electron chi connectivity index (χ3n) is 17.8. The monoisotopic (exact) mass is 1180 g/mol. The van der Waals surface area contributed by atoms with Crippen LogP contribution in [-0.2, 0) is 12.4 Å². The van der Waals surface area contributed by atoms with E-state index in [1.807, 2.05) is 59.2 Å².